The second-order valence-electron chi connectivity index (χ2n) is 4.31. The second-order valence-corrected chi connectivity index (χ2v) is 5.10. The maximum atomic E-state index is 11.8. The monoisotopic (exact) mass is 287 g/mol. The average Bonchev–Trinajstić information content (AvgIpc) is 2.97. The van der Waals surface area contributed by atoms with E-state index in [-0.39, 0.29) is 24.2 Å². The van der Waals surface area contributed by atoms with Crippen LogP contribution >= 0.6 is 15.9 Å². The van der Waals surface area contributed by atoms with Crippen LogP contribution in [0, 0.1) is 0 Å². The molecule has 2 N–H and O–H groups in total. The Morgan fingerprint density at radius 1 is 1.69 bits per heavy atom. The van der Waals surface area contributed by atoms with E-state index in [0.717, 1.165) is 18.5 Å². The lowest BCUT2D eigenvalue weighted by Gasteiger charge is -2.14. The van der Waals surface area contributed by atoms with Gasteiger partial charge < -0.3 is 10.4 Å². The van der Waals surface area contributed by atoms with Crippen LogP contribution in [0.2, 0.25) is 0 Å². The summed E-state index contributed by atoms with van der Waals surface area (Å²) < 4.78 is 1.72. The molecule has 0 spiro atoms. The summed E-state index contributed by atoms with van der Waals surface area (Å²) in [5.74, 6) is 0. The minimum Gasteiger partial charge on any atom is -0.394 e. The van der Waals surface area contributed by atoms with Crippen LogP contribution in [0.15, 0.2) is 15.5 Å². The first-order valence-corrected chi connectivity index (χ1v) is 6.00. The summed E-state index contributed by atoms with van der Waals surface area (Å²) >= 11 is 3.26. The quantitative estimate of drug-likeness (QED) is 0.866. The molecule has 0 atom stereocenters. The molecule has 16 heavy (non-hydrogen) atoms. The van der Waals surface area contributed by atoms with E-state index in [9.17, 15) is 4.79 Å². The van der Waals surface area contributed by atoms with Crippen molar-refractivity contribution in [1.82, 2.24) is 9.78 Å². The van der Waals surface area contributed by atoms with Gasteiger partial charge in [-0.05, 0) is 35.7 Å². The summed E-state index contributed by atoms with van der Waals surface area (Å²) in [5, 5.41) is 16.0. The molecule has 0 aromatic carbocycles. The van der Waals surface area contributed by atoms with Crippen LogP contribution in [0.1, 0.15) is 19.8 Å². The fourth-order valence-corrected chi connectivity index (χ4v) is 1.85. The first-order valence-electron chi connectivity index (χ1n) is 5.20. The van der Waals surface area contributed by atoms with Gasteiger partial charge in [-0.15, -0.1) is 0 Å². The van der Waals surface area contributed by atoms with Gasteiger partial charge >= 0.3 is 0 Å². The molecule has 1 aliphatic carbocycles. The van der Waals surface area contributed by atoms with E-state index in [1.165, 1.54) is 4.68 Å². The lowest BCUT2D eigenvalue weighted by molar-refractivity contribution is 0.266. The van der Waals surface area contributed by atoms with Crippen molar-refractivity contribution in [2.45, 2.75) is 31.8 Å². The Bertz CT molecular complexity index is 454. The van der Waals surface area contributed by atoms with E-state index in [0.29, 0.717) is 4.47 Å². The van der Waals surface area contributed by atoms with Crippen molar-refractivity contribution < 1.29 is 5.11 Å². The molecule has 6 heteroatoms. The van der Waals surface area contributed by atoms with Crippen molar-refractivity contribution in [3.63, 3.8) is 0 Å². The molecule has 0 aliphatic heterocycles. The fourth-order valence-electron chi connectivity index (χ4n) is 1.44. The zero-order valence-corrected chi connectivity index (χ0v) is 10.6. The number of anilines is 1. The summed E-state index contributed by atoms with van der Waals surface area (Å²) in [4.78, 5) is 11.8. The number of halogens is 1. The van der Waals surface area contributed by atoms with E-state index < -0.39 is 0 Å². The summed E-state index contributed by atoms with van der Waals surface area (Å²) in [7, 11) is 0. The van der Waals surface area contributed by atoms with Gasteiger partial charge in [0.1, 0.15) is 4.47 Å². The summed E-state index contributed by atoms with van der Waals surface area (Å²) in [6.07, 6.45) is 3.84. The van der Waals surface area contributed by atoms with Crippen molar-refractivity contribution in [3.8, 4) is 0 Å². The molecule has 0 radical (unpaired) electrons. The topological polar surface area (TPSA) is 67.2 Å². The maximum absolute atomic E-state index is 11.8. The molecule has 1 heterocycles. The molecule has 1 aromatic heterocycles. The van der Waals surface area contributed by atoms with Crippen LogP contribution in [0.4, 0.5) is 5.69 Å². The minimum absolute atomic E-state index is 0.0934. The number of aromatic nitrogens is 2. The molecule has 88 valence electrons. The third-order valence-electron chi connectivity index (χ3n) is 2.73. The third kappa shape index (κ3) is 2.27. The standard InChI is InChI=1S/C10H14BrN3O2/c1-10(2-3-10)13-7-6-12-14(4-5-15)9(16)8(7)11/h6,13,15H,2-5H2,1H3. The maximum Gasteiger partial charge on any atom is 0.283 e. The fraction of sp³-hybridized carbons (Fsp3) is 0.600. The SMILES string of the molecule is CC1(Nc2cnn(CCO)c(=O)c2Br)CC1. The molecule has 5 nitrogen and oxygen atoms in total. The first-order chi connectivity index (χ1) is 7.56. The van der Waals surface area contributed by atoms with Gasteiger partial charge in [0.25, 0.3) is 5.56 Å². The molecule has 1 aliphatic rings. The number of aliphatic hydroxyl groups excluding tert-OH is 1. The molecule has 0 saturated heterocycles. The predicted molar refractivity (Wildman–Crippen MR) is 64.5 cm³/mol. The van der Waals surface area contributed by atoms with Crippen LogP contribution < -0.4 is 10.9 Å². The van der Waals surface area contributed by atoms with Gasteiger partial charge in [-0.3, -0.25) is 4.79 Å². The number of hydrogen-bond donors (Lipinski definition) is 2. The van der Waals surface area contributed by atoms with E-state index in [1.807, 2.05) is 0 Å². The van der Waals surface area contributed by atoms with E-state index in [4.69, 9.17) is 5.11 Å². The molecule has 1 aromatic rings. The Labute approximate surface area is 102 Å². The number of aliphatic hydroxyl groups is 1. The van der Waals surface area contributed by atoms with Crippen LogP contribution in [-0.4, -0.2) is 27.0 Å². The molecule has 0 bridgehead atoms. The van der Waals surface area contributed by atoms with Crippen LogP contribution in [-0.2, 0) is 6.54 Å². The lowest BCUT2D eigenvalue weighted by Crippen LogP contribution is -2.27. The Morgan fingerprint density at radius 2 is 2.38 bits per heavy atom. The molecular weight excluding hydrogens is 274 g/mol. The molecule has 0 unspecified atom stereocenters. The Balaban J connectivity index is 2.27. The van der Waals surface area contributed by atoms with Crippen molar-refractivity contribution in [3.05, 3.63) is 21.0 Å². The Hall–Kier alpha value is -0.880. The van der Waals surface area contributed by atoms with Crippen molar-refractivity contribution >= 4 is 21.6 Å². The van der Waals surface area contributed by atoms with Crippen LogP contribution in [0.5, 0.6) is 0 Å². The van der Waals surface area contributed by atoms with Crippen LogP contribution in [0.3, 0.4) is 0 Å². The Morgan fingerprint density at radius 3 is 2.94 bits per heavy atom. The lowest BCUT2D eigenvalue weighted by atomic mass is 10.3. The largest absolute Gasteiger partial charge is 0.394 e. The highest BCUT2D eigenvalue weighted by Crippen LogP contribution is 2.38. The highest BCUT2D eigenvalue weighted by Gasteiger charge is 2.37. The summed E-state index contributed by atoms with van der Waals surface area (Å²) in [6.45, 7) is 2.23. The van der Waals surface area contributed by atoms with Gasteiger partial charge in [-0.1, -0.05) is 0 Å². The molecular formula is C10H14BrN3O2. The first kappa shape index (κ1) is 11.6. The molecule has 2 rings (SSSR count). The smallest absolute Gasteiger partial charge is 0.283 e. The normalized spacial score (nSPS) is 17.2. The van der Waals surface area contributed by atoms with Crippen LogP contribution in [0.25, 0.3) is 0 Å². The number of nitrogens with one attached hydrogen (secondary N) is 1. The highest BCUT2D eigenvalue weighted by atomic mass is 79.9. The summed E-state index contributed by atoms with van der Waals surface area (Å²) in [5.41, 5.74) is 0.613. The van der Waals surface area contributed by atoms with E-state index in [2.05, 4.69) is 33.3 Å². The second kappa shape index (κ2) is 4.18. The van der Waals surface area contributed by atoms with Gasteiger partial charge in [-0.2, -0.15) is 5.10 Å². The molecule has 1 saturated carbocycles. The van der Waals surface area contributed by atoms with Gasteiger partial charge in [-0.25, -0.2) is 4.68 Å². The van der Waals surface area contributed by atoms with Crippen molar-refractivity contribution in [2.24, 2.45) is 0 Å². The Kier molecular flexibility index (Phi) is 3.03. The molecule has 1 fully saturated rings. The highest BCUT2D eigenvalue weighted by molar-refractivity contribution is 9.10. The zero-order chi connectivity index (χ0) is 11.8. The van der Waals surface area contributed by atoms with Crippen molar-refractivity contribution in [1.29, 1.82) is 0 Å². The summed E-state index contributed by atoms with van der Waals surface area (Å²) in [6, 6.07) is 0. The van der Waals surface area contributed by atoms with Gasteiger partial charge in [0.15, 0.2) is 0 Å². The third-order valence-corrected chi connectivity index (χ3v) is 3.50. The zero-order valence-electron chi connectivity index (χ0n) is 9.03. The average molecular weight is 288 g/mol. The van der Waals surface area contributed by atoms with E-state index >= 15 is 0 Å². The van der Waals surface area contributed by atoms with Gasteiger partial charge in [0, 0.05) is 5.54 Å². The van der Waals surface area contributed by atoms with Gasteiger partial charge in [0.05, 0.1) is 25.0 Å². The molecule has 0 amide bonds. The number of rotatable bonds is 4. The number of hydrogen-bond acceptors (Lipinski definition) is 4. The minimum atomic E-state index is -0.219. The van der Waals surface area contributed by atoms with E-state index in [1.54, 1.807) is 6.20 Å². The van der Waals surface area contributed by atoms with Gasteiger partial charge in [0.2, 0.25) is 0 Å². The number of nitrogens with zero attached hydrogens (tertiary/aromatic N) is 2. The predicted octanol–water partition coefficient (Wildman–Crippen LogP) is 0.962. The van der Waals surface area contributed by atoms with Crippen molar-refractivity contribution in [2.75, 3.05) is 11.9 Å².